The summed E-state index contributed by atoms with van der Waals surface area (Å²) in [5.41, 5.74) is 10.2. The standard InChI is InChI=1S/C60H65N5O8S2/c1-35(2)58(67)42-19-15-41(16-20-42)57-50-28-30-73-60(50)52-34-48(24-26-54(52)64(57)6)75(71,72)65(7)46-22-21-39(37(4)31-46)12-11-36(3)59(68)43-17-13-40(14-18-43)55-49-27-29-61-56(49)51-33-47(23-25-53(51)62-55)74(69,70)63-45-10-8-9-44(32-45)38(5)66/h8-10,13-26,31-36,49-50,55-57,60-63H,11-12,27-30H2,1-7H3/t36?,49?,50-,55?,56?,57?,60-/m0/s1. The van der Waals surface area contributed by atoms with E-state index >= 15 is 0 Å². The number of benzene rings is 6. The van der Waals surface area contributed by atoms with Crippen LogP contribution in [0.5, 0.6) is 0 Å². The number of carbonyl (C=O) groups excluding carboxylic acids is 3. The van der Waals surface area contributed by atoms with Crippen molar-refractivity contribution in [3.05, 3.63) is 177 Å². The largest absolute Gasteiger partial charge is 0.378 e. The summed E-state index contributed by atoms with van der Waals surface area (Å²) >= 11 is 0. The zero-order valence-electron chi connectivity index (χ0n) is 43.5. The third kappa shape index (κ3) is 9.91. The van der Waals surface area contributed by atoms with Gasteiger partial charge in [-0.15, -0.1) is 0 Å². The summed E-state index contributed by atoms with van der Waals surface area (Å²) in [7, 11) is -4.27. The molecule has 6 aromatic carbocycles. The Morgan fingerprint density at radius 3 is 2.15 bits per heavy atom. The fourth-order valence-corrected chi connectivity index (χ4v) is 14.1. The molecule has 0 aromatic heterocycles. The molecule has 5 unspecified atom stereocenters. The Kier molecular flexibility index (Phi) is 14.1. The number of ketones is 3. The SMILES string of the molecule is CC(=O)c1cccc(NS(=O)(=O)c2ccc3c(c2)C2NCCC2C(c2ccc(C(=O)C(C)CCc4ccc(N(C)S(=O)(=O)c5ccc6c(c5)[C@H]5OCC[C@H]5C(c5ccc(C(=O)C(C)C)cc5)N6C)cc4C)cc2)N3)c1. The van der Waals surface area contributed by atoms with Gasteiger partial charge in [0.1, 0.15) is 0 Å². The Morgan fingerprint density at radius 1 is 0.747 bits per heavy atom. The molecule has 75 heavy (non-hydrogen) atoms. The highest BCUT2D eigenvalue weighted by molar-refractivity contribution is 7.93. The Labute approximate surface area is 441 Å². The van der Waals surface area contributed by atoms with Crippen LogP contribution in [-0.4, -0.2) is 61.4 Å². The third-order valence-corrected chi connectivity index (χ3v) is 19.3. The summed E-state index contributed by atoms with van der Waals surface area (Å²) in [5, 5.41) is 7.28. The van der Waals surface area contributed by atoms with Crippen LogP contribution in [0.1, 0.15) is 136 Å². The minimum Gasteiger partial charge on any atom is -0.378 e. The molecule has 0 spiro atoms. The Hall–Kier alpha value is -6.65. The van der Waals surface area contributed by atoms with E-state index in [9.17, 15) is 31.2 Å². The minimum absolute atomic E-state index is 0.00208. The molecule has 7 atom stereocenters. The highest BCUT2D eigenvalue weighted by atomic mass is 32.2. The lowest BCUT2D eigenvalue weighted by Gasteiger charge is -2.43. The van der Waals surface area contributed by atoms with Crippen LogP contribution in [0.4, 0.5) is 22.7 Å². The molecule has 10 rings (SSSR count). The smallest absolute Gasteiger partial charge is 0.264 e. The van der Waals surface area contributed by atoms with Gasteiger partial charge in [0.05, 0.1) is 33.7 Å². The van der Waals surface area contributed by atoms with Gasteiger partial charge in [-0.05, 0) is 135 Å². The molecule has 15 heteroatoms. The van der Waals surface area contributed by atoms with Crippen molar-refractivity contribution in [1.29, 1.82) is 0 Å². The zero-order valence-corrected chi connectivity index (χ0v) is 45.1. The van der Waals surface area contributed by atoms with Crippen LogP contribution >= 0.6 is 0 Å². The lowest BCUT2D eigenvalue weighted by molar-refractivity contribution is 0.0789. The fraction of sp³-hybridized carbons (Fsp3) is 0.350. The summed E-state index contributed by atoms with van der Waals surface area (Å²) in [6, 6.07) is 38.2. The van der Waals surface area contributed by atoms with Gasteiger partial charge in [-0.25, -0.2) is 16.8 Å². The predicted molar refractivity (Wildman–Crippen MR) is 294 cm³/mol. The molecule has 4 heterocycles. The van der Waals surface area contributed by atoms with Crippen molar-refractivity contribution >= 4 is 60.1 Å². The van der Waals surface area contributed by atoms with E-state index in [1.807, 2.05) is 108 Å². The number of hydrogen-bond donors (Lipinski definition) is 3. The molecule has 2 fully saturated rings. The van der Waals surface area contributed by atoms with Gasteiger partial charge in [-0.3, -0.25) is 23.4 Å². The van der Waals surface area contributed by atoms with Crippen molar-refractivity contribution in [2.45, 2.75) is 94.3 Å². The maximum Gasteiger partial charge on any atom is 0.264 e. The lowest BCUT2D eigenvalue weighted by atomic mass is 9.79. The number of nitrogens with zero attached hydrogens (tertiary/aromatic N) is 2. The molecule has 2 saturated heterocycles. The highest BCUT2D eigenvalue weighted by Gasteiger charge is 2.45. The number of carbonyl (C=O) groups is 3. The third-order valence-electron chi connectivity index (χ3n) is 16.1. The molecule has 0 aliphatic carbocycles. The minimum atomic E-state index is -3.96. The van der Waals surface area contributed by atoms with E-state index in [1.165, 1.54) is 17.3 Å². The van der Waals surface area contributed by atoms with Crippen molar-refractivity contribution in [3.63, 3.8) is 0 Å². The Morgan fingerprint density at radius 2 is 1.44 bits per heavy atom. The van der Waals surface area contributed by atoms with Crippen molar-refractivity contribution in [1.82, 2.24) is 5.32 Å². The first-order chi connectivity index (χ1) is 35.8. The first kappa shape index (κ1) is 51.8. The number of aryl methyl sites for hydroxylation is 2. The number of hydrogen-bond acceptors (Lipinski definition) is 11. The van der Waals surface area contributed by atoms with E-state index in [2.05, 4.69) is 20.3 Å². The average Bonchev–Trinajstić information content (AvgIpc) is 4.12. The van der Waals surface area contributed by atoms with E-state index in [1.54, 1.807) is 55.6 Å². The van der Waals surface area contributed by atoms with Crippen LogP contribution in [0.15, 0.2) is 137 Å². The molecular weight excluding hydrogens is 983 g/mol. The van der Waals surface area contributed by atoms with Gasteiger partial charge >= 0.3 is 0 Å². The summed E-state index contributed by atoms with van der Waals surface area (Å²) in [5.74, 6) is -0.0961. The zero-order chi connectivity index (χ0) is 53.1. The van der Waals surface area contributed by atoms with Crippen LogP contribution in [-0.2, 0) is 31.2 Å². The van der Waals surface area contributed by atoms with Crippen LogP contribution < -0.4 is 24.6 Å². The predicted octanol–water partition coefficient (Wildman–Crippen LogP) is 11.2. The van der Waals surface area contributed by atoms with Crippen LogP contribution in [0.25, 0.3) is 0 Å². The molecule has 13 nitrogen and oxygen atoms in total. The highest BCUT2D eigenvalue weighted by Crippen LogP contribution is 2.53. The molecule has 0 amide bonds. The second kappa shape index (κ2) is 20.5. The molecule has 390 valence electrons. The van der Waals surface area contributed by atoms with Gasteiger partial charge in [0.2, 0.25) is 0 Å². The van der Waals surface area contributed by atoms with Gasteiger partial charge in [-0.2, -0.15) is 0 Å². The summed E-state index contributed by atoms with van der Waals surface area (Å²) in [6.45, 7) is 10.5. The van der Waals surface area contributed by atoms with Crippen LogP contribution in [0, 0.1) is 30.6 Å². The second-order valence-electron chi connectivity index (χ2n) is 21.2. The molecule has 4 aliphatic heterocycles. The fourth-order valence-electron chi connectivity index (χ4n) is 11.8. The Bertz CT molecular complexity index is 3440. The Balaban J connectivity index is 0.772. The van der Waals surface area contributed by atoms with Gasteiger partial charge in [-0.1, -0.05) is 87.5 Å². The number of Topliss-reactive ketones (excluding diaryl/α,β-unsaturated/α-hetero) is 3. The number of ether oxygens (including phenoxy) is 1. The van der Waals surface area contributed by atoms with Crippen molar-refractivity contribution < 1.29 is 36.0 Å². The van der Waals surface area contributed by atoms with E-state index in [-0.39, 0.29) is 75.0 Å². The van der Waals surface area contributed by atoms with Gasteiger partial charge in [0.15, 0.2) is 17.3 Å². The molecule has 0 radical (unpaired) electrons. The monoisotopic (exact) mass is 1050 g/mol. The van der Waals surface area contributed by atoms with E-state index < -0.39 is 20.0 Å². The maximum absolute atomic E-state index is 14.3. The van der Waals surface area contributed by atoms with Crippen molar-refractivity contribution in [2.24, 2.45) is 23.7 Å². The molecule has 0 saturated carbocycles. The van der Waals surface area contributed by atoms with Crippen molar-refractivity contribution in [3.8, 4) is 0 Å². The first-order valence-corrected chi connectivity index (χ1v) is 28.9. The second-order valence-corrected chi connectivity index (χ2v) is 24.8. The summed E-state index contributed by atoms with van der Waals surface area (Å²) in [6.07, 6.45) is 2.69. The molecule has 6 aromatic rings. The van der Waals surface area contributed by atoms with Crippen LogP contribution in [0.3, 0.4) is 0 Å². The number of nitrogens with one attached hydrogen (secondary N) is 3. The summed E-state index contributed by atoms with van der Waals surface area (Å²) < 4.78 is 66.0. The normalized spacial score (nSPS) is 21.3. The summed E-state index contributed by atoms with van der Waals surface area (Å²) in [4.78, 5) is 41.0. The molecule has 3 N–H and O–H groups in total. The van der Waals surface area contributed by atoms with Gasteiger partial charge in [0, 0.05) is 89.7 Å². The van der Waals surface area contributed by atoms with Gasteiger partial charge < -0.3 is 20.3 Å². The quantitative estimate of drug-likeness (QED) is 0.0788. The topological polar surface area (TPSA) is 171 Å². The van der Waals surface area contributed by atoms with Gasteiger partial charge in [0.25, 0.3) is 20.0 Å². The van der Waals surface area contributed by atoms with E-state index in [0.29, 0.717) is 47.5 Å². The lowest BCUT2D eigenvalue weighted by Crippen LogP contribution is -2.37. The number of rotatable bonds is 16. The number of fused-ring (bicyclic) bond motifs is 6. The van der Waals surface area contributed by atoms with Crippen LogP contribution in [0.2, 0.25) is 0 Å². The average molecular weight is 1050 g/mol. The number of anilines is 4. The van der Waals surface area contributed by atoms with E-state index in [4.69, 9.17) is 4.74 Å². The number of sulfonamides is 2. The maximum atomic E-state index is 14.3. The van der Waals surface area contributed by atoms with Crippen molar-refractivity contribution in [2.75, 3.05) is 46.5 Å². The van der Waals surface area contributed by atoms with E-state index in [0.717, 1.165) is 64.1 Å². The molecule has 0 bridgehead atoms. The first-order valence-electron chi connectivity index (χ1n) is 25.9. The molecule has 4 aliphatic rings. The molecular formula is C60H65N5O8S2.